The summed E-state index contributed by atoms with van der Waals surface area (Å²) >= 11 is 0. The molecule has 1 aliphatic rings. The summed E-state index contributed by atoms with van der Waals surface area (Å²) in [7, 11) is 0. The molecule has 0 saturated carbocycles. The molecule has 1 aromatic heterocycles. The summed E-state index contributed by atoms with van der Waals surface area (Å²) in [6, 6.07) is 10.6. The van der Waals surface area contributed by atoms with E-state index < -0.39 is 6.10 Å². The third-order valence-corrected chi connectivity index (χ3v) is 4.21. The molecule has 0 saturated heterocycles. The normalized spacial score (nSPS) is 15.7. The lowest BCUT2D eigenvalue weighted by Gasteiger charge is -2.31. The van der Waals surface area contributed by atoms with E-state index in [0.29, 0.717) is 6.42 Å². The second kappa shape index (κ2) is 5.86. The summed E-state index contributed by atoms with van der Waals surface area (Å²) in [6.07, 6.45) is 4.40. The highest BCUT2D eigenvalue weighted by atomic mass is 16.3. The van der Waals surface area contributed by atoms with Crippen LogP contribution in [0.3, 0.4) is 0 Å². The Bertz CT molecular complexity index is 639. The summed E-state index contributed by atoms with van der Waals surface area (Å²) in [6.45, 7) is 5.06. The Kier molecular flexibility index (Phi) is 3.93. The monoisotopic (exact) mass is 282 g/mol. The van der Waals surface area contributed by atoms with Crippen LogP contribution in [-0.2, 0) is 6.42 Å². The van der Waals surface area contributed by atoms with Gasteiger partial charge in [-0.1, -0.05) is 25.1 Å². The number of pyridine rings is 1. The van der Waals surface area contributed by atoms with Crippen LogP contribution in [-0.4, -0.2) is 16.6 Å². The first-order valence-corrected chi connectivity index (χ1v) is 7.70. The molecule has 110 valence electrons. The van der Waals surface area contributed by atoms with Gasteiger partial charge in [0.2, 0.25) is 0 Å². The van der Waals surface area contributed by atoms with E-state index in [1.54, 1.807) is 0 Å². The predicted molar refractivity (Wildman–Crippen MR) is 86.0 cm³/mol. The molecule has 2 aromatic rings. The van der Waals surface area contributed by atoms with Crippen LogP contribution in [0, 0.1) is 6.92 Å². The Balaban J connectivity index is 1.98. The molecule has 2 heterocycles. The standard InChI is InChI=1S/C18H22N2O/c1-3-17(21)15-11-13(2)18(19-12-15)20-10-6-8-14-7-4-5-9-16(14)20/h4-5,7,9,11-12,17,21H,3,6,8,10H2,1-2H3/t17-/m0/s1. The van der Waals surface area contributed by atoms with Gasteiger partial charge in [-0.15, -0.1) is 0 Å². The first-order chi connectivity index (χ1) is 10.2. The van der Waals surface area contributed by atoms with Gasteiger partial charge in [0.05, 0.1) is 6.10 Å². The van der Waals surface area contributed by atoms with E-state index in [4.69, 9.17) is 0 Å². The van der Waals surface area contributed by atoms with Crippen molar-refractivity contribution in [3.8, 4) is 0 Å². The molecule has 0 unspecified atom stereocenters. The Morgan fingerprint density at radius 2 is 2.14 bits per heavy atom. The van der Waals surface area contributed by atoms with Crippen LogP contribution in [0.4, 0.5) is 11.5 Å². The first-order valence-electron chi connectivity index (χ1n) is 7.70. The van der Waals surface area contributed by atoms with Gasteiger partial charge in [-0.2, -0.15) is 0 Å². The maximum Gasteiger partial charge on any atom is 0.135 e. The number of fused-ring (bicyclic) bond motifs is 1. The van der Waals surface area contributed by atoms with Crippen molar-refractivity contribution in [2.45, 2.75) is 39.2 Å². The van der Waals surface area contributed by atoms with Crippen LogP contribution in [0.25, 0.3) is 0 Å². The van der Waals surface area contributed by atoms with Crippen molar-refractivity contribution in [1.29, 1.82) is 0 Å². The van der Waals surface area contributed by atoms with Crippen LogP contribution in [0.1, 0.15) is 42.6 Å². The molecule has 1 aliphatic heterocycles. The molecule has 0 bridgehead atoms. The van der Waals surface area contributed by atoms with Gasteiger partial charge in [0.15, 0.2) is 0 Å². The Labute approximate surface area is 126 Å². The van der Waals surface area contributed by atoms with Gasteiger partial charge in [0, 0.05) is 18.4 Å². The van der Waals surface area contributed by atoms with Crippen molar-refractivity contribution in [3.63, 3.8) is 0 Å². The maximum absolute atomic E-state index is 9.96. The smallest absolute Gasteiger partial charge is 0.135 e. The van der Waals surface area contributed by atoms with Crippen molar-refractivity contribution >= 4 is 11.5 Å². The zero-order chi connectivity index (χ0) is 14.8. The Morgan fingerprint density at radius 3 is 2.90 bits per heavy atom. The molecule has 0 aliphatic carbocycles. The summed E-state index contributed by atoms with van der Waals surface area (Å²) < 4.78 is 0. The van der Waals surface area contributed by atoms with Crippen LogP contribution in [0.5, 0.6) is 0 Å². The fraction of sp³-hybridized carbons (Fsp3) is 0.389. The summed E-state index contributed by atoms with van der Waals surface area (Å²) in [5.74, 6) is 1.01. The average molecular weight is 282 g/mol. The van der Waals surface area contributed by atoms with E-state index in [-0.39, 0.29) is 0 Å². The van der Waals surface area contributed by atoms with Crippen molar-refractivity contribution in [2.75, 3.05) is 11.4 Å². The molecule has 21 heavy (non-hydrogen) atoms. The van der Waals surface area contributed by atoms with Crippen LogP contribution in [0.2, 0.25) is 0 Å². The fourth-order valence-corrected chi connectivity index (χ4v) is 3.04. The maximum atomic E-state index is 9.96. The SMILES string of the molecule is CC[C@H](O)c1cnc(N2CCCc3ccccc32)c(C)c1. The number of hydrogen-bond donors (Lipinski definition) is 1. The molecule has 3 rings (SSSR count). The van der Waals surface area contributed by atoms with Crippen molar-refractivity contribution < 1.29 is 5.11 Å². The average Bonchev–Trinajstić information content (AvgIpc) is 2.53. The van der Waals surface area contributed by atoms with E-state index in [2.05, 4.69) is 47.1 Å². The van der Waals surface area contributed by atoms with Gasteiger partial charge >= 0.3 is 0 Å². The molecule has 3 nitrogen and oxygen atoms in total. The van der Waals surface area contributed by atoms with Crippen LogP contribution < -0.4 is 4.90 Å². The minimum Gasteiger partial charge on any atom is -0.388 e. The minimum absolute atomic E-state index is 0.418. The van der Waals surface area contributed by atoms with E-state index in [0.717, 1.165) is 36.3 Å². The lowest BCUT2D eigenvalue weighted by atomic mass is 10.0. The fourth-order valence-electron chi connectivity index (χ4n) is 3.04. The van der Waals surface area contributed by atoms with Gasteiger partial charge in [-0.3, -0.25) is 0 Å². The van der Waals surface area contributed by atoms with Gasteiger partial charge in [0.1, 0.15) is 5.82 Å². The van der Waals surface area contributed by atoms with Crippen LogP contribution in [0.15, 0.2) is 36.5 Å². The van der Waals surface area contributed by atoms with Crippen molar-refractivity contribution in [2.24, 2.45) is 0 Å². The molecule has 0 spiro atoms. The number of hydrogen-bond acceptors (Lipinski definition) is 3. The topological polar surface area (TPSA) is 36.4 Å². The Morgan fingerprint density at radius 1 is 1.33 bits per heavy atom. The number of aryl methyl sites for hydroxylation is 2. The van der Waals surface area contributed by atoms with Crippen molar-refractivity contribution in [1.82, 2.24) is 4.98 Å². The molecule has 1 aromatic carbocycles. The molecule has 0 radical (unpaired) electrons. The number of rotatable bonds is 3. The van der Waals surface area contributed by atoms with Gasteiger partial charge < -0.3 is 10.0 Å². The minimum atomic E-state index is -0.418. The third-order valence-electron chi connectivity index (χ3n) is 4.21. The molecule has 3 heteroatoms. The lowest BCUT2D eigenvalue weighted by Crippen LogP contribution is -2.26. The second-order valence-corrected chi connectivity index (χ2v) is 5.72. The van der Waals surface area contributed by atoms with E-state index in [1.165, 1.54) is 11.3 Å². The zero-order valence-electron chi connectivity index (χ0n) is 12.7. The molecular weight excluding hydrogens is 260 g/mol. The summed E-state index contributed by atoms with van der Waals surface area (Å²) in [4.78, 5) is 6.94. The third kappa shape index (κ3) is 2.66. The number of aliphatic hydroxyl groups excluding tert-OH is 1. The number of benzene rings is 1. The van der Waals surface area contributed by atoms with E-state index in [9.17, 15) is 5.11 Å². The quantitative estimate of drug-likeness (QED) is 0.927. The molecule has 1 atom stereocenters. The van der Waals surface area contributed by atoms with Gasteiger partial charge in [-0.25, -0.2) is 4.98 Å². The highest BCUT2D eigenvalue weighted by Gasteiger charge is 2.20. The number of aliphatic hydroxyl groups is 1. The summed E-state index contributed by atoms with van der Waals surface area (Å²) in [5.41, 5.74) is 4.69. The highest BCUT2D eigenvalue weighted by molar-refractivity contribution is 5.67. The highest BCUT2D eigenvalue weighted by Crippen LogP contribution is 2.34. The number of para-hydroxylation sites is 1. The molecule has 0 fully saturated rings. The lowest BCUT2D eigenvalue weighted by molar-refractivity contribution is 0.173. The Hall–Kier alpha value is -1.87. The number of aromatic nitrogens is 1. The molecular formula is C18H22N2O. The largest absolute Gasteiger partial charge is 0.388 e. The van der Waals surface area contributed by atoms with Gasteiger partial charge in [0.25, 0.3) is 0 Å². The molecule has 1 N–H and O–H groups in total. The zero-order valence-corrected chi connectivity index (χ0v) is 12.7. The van der Waals surface area contributed by atoms with E-state index in [1.807, 2.05) is 13.1 Å². The molecule has 0 amide bonds. The van der Waals surface area contributed by atoms with Gasteiger partial charge in [-0.05, 0) is 55.0 Å². The predicted octanol–water partition coefficient (Wildman–Crippen LogP) is 3.92. The summed E-state index contributed by atoms with van der Waals surface area (Å²) in [5, 5.41) is 9.96. The van der Waals surface area contributed by atoms with Crippen LogP contribution >= 0.6 is 0 Å². The number of anilines is 2. The number of nitrogens with zero attached hydrogens (tertiary/aromatic N) is 2. The second-order valence-electron chi connectivity index (χ2n) is 5.72. The van der Waals surface area contributed by atoms with Crippen molar-refractivity contribution in [3.05, 3.63) is 53.2 Å². The van der Waals surface area contributed by atoms with E-state index >= 15 is 0 Å². The first kappa shape index (κ1) is 14.1.